The predicted molar refractivity (Wildman–Crippen MR) is 90.4 cm³/mol. The van der Waals surface area contributed by atoms with Gasteiger partial charge in [0.25, 0.3) is 0 Å². The number of rotatable bonds is 10. The molecule has 0 radical (unpaired) electrons. The van der Waals surface area contributed by atoms with Crippen molar-refractivity contribution >= 4 is 13.9 Å². The average molecular weight is 359 g/mol. The normalized spacial score (nSPS) is 14.0. The van der Waals surface area contributed by atoms with Gasteiger partial charge in [-0.05, 0) is 18.9 Å². The van der Waals surface area contributed by atoms with Gasteiger partial charge >= 0.3 is 13.9 Å². The number of carbonyl (C=O) groups excluding carboxylic acids is 1. The number of phosphoric acid groups is 1. The third kappa shape index (κ3) is 8.45. The average Bonchev–Trinajstić information content (AvgIpc) is 2.51. The van der Waals surface area contributed by atoms with Gasteiger partial charge in [-0.2, -0.15) is 0 Å². The molecule has 0 aliphatic heterocycles. The molecule has 0 aromatic heterocycles. The van der Waals surface area contributed by atoms with Crippen molar-refractivity contribution in [3.8, 4) is 0 Å². The topological polar surface area (TPSA) is 105 Å². The first-order chi connectivity index (χ1) is 11.3. The number of benzene rings is 1. The number of hydrogen-bond acceptors (Lipinski definition) is 4. The summed E-state index contributed by atoms with van der Waals surface area (Å²) in [6, 6.07) is 8.09. The van der Waals surface area contributed by atoms with Crippen molar-refractivity contribution in [1.82, 2.24) is 5.32 Å². The van der Waals surface area contributed by atoms with Crippen LogP contribution in [-0.2, 0) is 13.8 Å². The number of ether oxygens (including phenoxy) is 1. The molecule has 1 aromatic carbocycles. The second-order valence-electron chi connectivity index (χ2n) is 5.53. The van der Waals surface area contributed by atoms with Crippen molar-refractivity contribution in [3.63, 3.8) is 0 Å². The molecule has 1 rings (SSSR count). The van der Waals surface area contributed by atoms with E-state index in [9.17, 15) is 9.36 Å². The van der Waals surface area contributed by atoms with Crippen molar-refractivity contribution in [2.45, 2.75) is 51.7 Å². The minimum absolute atomic E-state index is 0.307. The van der Waals surface area contributed by atoms with Gasteiger partial charge in [0.15, 0.2) is 0 Å². The zero-order valence-electron chi connectivity index (χ0n) is 14.1. The molecule has 1 amide bonds. The van der Waals surface area contributed by atoms with Crippen molar-refractivity contribution in [2.24, 2.45) is 0 Å². The molecule has 2 atom stereocenters. The maximum absolute atomic E-state index is 11.9. The molecule has 0 unspecified atom stereocenters. The number of unbranched alkanes of at least 4 members (excludes halogenated alkanes) is 3. The van der Waals surface area contributed by atoms with E-state index in [1.807, 2.05) is 0 Å². The fourth-order valence-electron chi connectivity index (χ4n) is 2.27. The minimum atomic E-state index is -4.67. The number of alkyl carbamates (subject to hydrolysis) is 1. The zero-order valence-corrected chi connectivity index (χ0v) is 14.9. The molecule has 0 bridgehead atoms. The van der Waals surface area contributed by atoms with Gasteiger partial charge in [0.2, 0.25) is 0 Å². The van der Waals surface area contributed by atoms with E-state index in [0.29, 0.717) is 12.2 Å². The molecule has 0 aliphatic rings. The van der Waals surface area contributed by atoms with Gasteiger partial charge in [-0.25, -0.2) is 9.36 Å². The molecule has 1 aromatic rings. The van der Waals surface area contributed by atoms with Crippen molar-refractivity contribution in [3.05, 3.63) is 35.9 Å². The SMILES string of the molecule is CCCCCCOC(=O)N[C@@H](c1ccccc1)[C@H](C)OP(=O)(O)O. The maximum Gasteiger partial charge on any atom is 0.469 e. The summed E-state index contributed by atoms with van der Waals surface area (Å²) in [6.07, 6.45) is 2.39. The second-order valence-corrected chi connectivity index (χ2v) is 6.72. The summed E-state index contributed by atoms with van der Waals surface area (Å²) >= 11 is 0. The Morgan fingerprint density at radius 3 is 2.46 bits per heavy atom. The Labute approximate surface area is 142 Å². The first kappa shape index (κ1) is 20.6. The minimum Gasteiger partial charge on any atom is -0.450 e. The highest BCUT2D eigenvalue weighted by molar-refractivity contribution is 7.46. The largest absolute Gasteiger partial charge is 0.469 e. The Hall–Kier alpha value is -1.40. The van der Waals surface area contributed by atoms with E-state index in [0.717, 1.165) is 25.7 Å². The Balaban J connectivity index is 2.65. The Morgan fingerprint density at radius 2 is 1.88 bits per heavy atom. The molecule has 0 heterocycles. The van der Waals surface area contributed by atoms with Crippen LogP contribution in [0, 0.1) is 0 Å². The Bertz CT molecular complexity index is 533. The van der Waals surface area contributed by atoms with Gasteiger partial charge in [-0.3, -0.25) is 4.52 Å². The summed E-state index contributed by atoms with van der Waals surface area (Å²) < 4.78 is 20.9. The summed E-state index contributed by atoms with van der Waals surface area (Å²) in [7, 11) is -4.67. The summed E-state index contributed by atoms with van der Waals surface area (Å²) in [4.78, 5) is 29.9. The molecule has 24 heavy (non-hydrogen) atoms. The van der Waals surface area contributed by atoms with Crippen LogP contribution in [0.4, 0.5) is 4.79 Å². The van der Waals surface area contributed by atoms with Crippen LogP contribution >= 0.6 is 7.82 Å². The molecule has 0 aliphatic carbocycles. The summed E-state index contributed by atoms with van der Waals surface area (Å²) in [5.74, 6) is 0. The molecule has 3 N–H and O–H groups in total. The van der Waals surface area contributed by atoms with Crippen LogP contribution in [0.3, 0.4) is 0 Å². The van der Waals surface area contributed by atoms with Crippen LogP contribution in [-0.4, -0.2) is 28.6 Å². The molecule has 7 nitrogen and oxygen atoms in total. The summed E-state index contributed by atoms with van der Waals surface area (Å²) in [5.41, 5.74) is 0.668. The monoisotopic (exact) mass is 359 g/mol. The highest BCUT2D eigenvalue weighted by Crippen LogP contribution is 2.40. The molecule has 0 saturated heterocycles. The van der Waals surface area contributed by atoms with Gasteiger partial charge in [0, 0.05) is 0 Å². The second kappa shape index (κ2) is 10.5. The maximum atomic E-state index is 11.9. The third-order valence-electron chi connectivity index (χ3n) is 3.44. The fraction of sp³-hybridized carbons (Fsp3) is 0.562. The van der Waals surface area contributed by atoms with Crippen LogP contribution in [0.5, 0.6) is 0 Å². The van der Waals surface area contributed by atoms with Crippen LogP contribution < -0.4 is 5.32 Å². The fourth-order valence-corrected chi connectivity index (χ4v) is 2.83. The van der Waals surface area contributed by atoms with E-state index in [1.165, 1.54) is 6.92 Å². The van der Waals surface area contributed by atoms with E-state index < -0.39 is 26.1 Å². The molecule has 136 valence electrons. The Morgan fingerprint density at radius 1 is 1.21 bits per heavy atom. The van der Waals surface area contributed by atoms with Gasteiger partial charge in [0.05, 0.1) is 18.8 Å². The highest BCUT2D eigenvalue weighted by Gasteiger charge is 2.28. The predicted octanol–water partition coefficient (Wildman–Crippen LogP) is 3.53. The third-order valence-corrected chi connectivity index (χ3v) is 4.04. The van der Waals surface area contributed by atoms with Crippen molar-refractivity contribution < 1.29 is 28.4 Å². The number of nitrogens with one attached hydrogen (secondary N) is 1. The van der Waals surface area contributed by atoms with E-state index in [4.69, 9.17) is 19.0 Å². The first-order valence-corrected chi connectivity index (χ1v) is 9.58. The molecule has 8 heteroatoms. The van der Waals surface area contributed by atoms with Gasteiger partial charge in [-0.1, -0.05) is 56.5 Å². The van der Waals surface area contributed by atoms with Crippen molar-refractivity contribution in [1.29, 1.82) is 0 Å². The summed E-state index contributed by atoms with van der Waals surface area (Å²) in [5, 5.41) is 2.62. The quantitative estimate of drug-likeness (QED) is 0.436. The van der Waals surface area contributed by atoms with Gasteiger partial charge < -0.3 is 19.8 Å². The van der Waals surface area contributed by atoms with Gasteiger partial charge in [0.1, 0.15) is 0 Å². The van der Waals surface area contributed by atoms with E-state index in [2.05, 4.69) is 12.2 Å². The van der Waals surface area contributed by atoms with E-state index in [1.54, 1.807) is 30.3 Å². The van der Waals surface area contributed by atoms with Crippen molar-refractivity contribution in [2.75, 3.05) is 6.61 Å². The number of phosphoric ester groups is 1. The first-order valence-electron chi connectivity index (χ1n) is 8.05. The van der Waals surface area contributed by atoms with Crippen LogP contribution in [0.25, 0.3) is 0 Å². The Kier molecular flexibility index (Phi) is 9.00. The lowest BCUT2D eigenvalue weighted by Gasteiger charge is -2.25. The zero-order chi connectivity index (χ0) is 18.0. The van der Waals surface area contributed by atoms with Gasteiger partial charge in [-0.15, -0.1) is 0 Å². The smallest absolute Gasteiger partial charge is 0.450 e. The van der Waals surface area contributed by atoms with E-state index >= 15 is 0 Å². The number of hydrogen-bond donors (Lipinski definition) is 3. The molecule has 0 spiro atoms. The standard InChI is InChI=1S/C16H26NO6P/c1-3-4-5-9-12-22-16(18)17-15(13(2)23-24(19,20)21)14-10-7-6-8-11-14/h6-8,10-11,13,15H,3-5,9,12H2,1-2H3,(H,17,18)(H2,19,20,21)/t13-,15+/m0/s1. The van der Waals surface area contributed by atoms with Crippen LogP contribution in [0.15, 0.2) is 30.3 Å². The van der Waals surface area contributed by atoms with Crippen LogP contribution in [0.2, 0.25) is 0 Å². The lowest BCUT2D eigenvalue weighted by Crippen LogP contribution is -2.36. The number of carbonyl (C=O) groups is 1. The van der Waals surface area contributed by atoms with E-state index in [-0.39, 0.29) is 0 Å². The van der Waals surface area contributed by atoms with Crippen LogP contribution in [0.1, 0.15) is 51.1 Å². The summed E-state index contributed by atoms with van der Waals surface area (Å²) in [6.45, 7) is 3.89. The molecule has 0 saturated carbocycles. The number of amides is 1. The molecule has 0 fully saturated rings. The highest BCUT2D eigenvalue weighted by atomic mass is 31.2. The molecular formula is C16H26NO6P. The lowest BCUT2D eigenvalue weighted by molar-refractivity contribution is 0.0993. The lowest BCUT2D eigenvalue weighted by atomic mass is 10.0. The molecular weight excluding hydrogens is 333 g/mol.